The number of carboxylic acid groups (broad SMARTS) is 1. The average Bonchev–Trinajstić information content (AvgIpc) is 1.57. The number of nitrogens with zero attached hydrogens (tertiary/aromatic N) is 4. The molecular weight excluding hydrogens is 1320 g/mol. The summed E-state index contributed by atoms with van der Waals surface area (Å²) in [5.74, 6) is -1.28. The van der Waals surface area contributed by atoms with Gasteiger partial charge in [0.2, 0.25) is 6.79 Å². The Morgan fingerprint density at radius 1 is 0.484 bits per heavy atom. The molecular formula is C72H99Br2ClFN4NaO10+2. The van der Waals surface area contributed by atoms with Crippen molar-refractivity contribution in [3.63, 3.8) is 0 Å². The SMILES string of the molecule is C.C[N+](CCOC(=O)OCCl)(Cc1ccccc1)Cc1ccccc1.C[N+](CCOC(=O)OCOC(=O)CCC[N+]1(Cc2ccccc2)CCCCC1)(Cc1ccccc1)Cc1ccccc1.O=C([O-])CCC[N+]1(Cc2ccccc2)CCCCC1.[2H]CF.[Br-].[Br-].[Na+]. The predicted molar refractivity (Wildman–Crippen MR) is 344 cm³/mol. The Balaban J connectivity index is 0.000000719. The molecule has 2 aliphatic heterocycles. The summed E-state index contributed by atoms with van der Waals surface area (Å²) < 4.78 is 44.2. The van der Waals surface area contributed by atoms with Crippen LogP contribution in [0.5, 0.6) is 0 Å². The van der Waals surface area contributed by atoms with Crippen LogP contribution in [0.1, 0.15) is 106 Å². The molecule has 14 nitrogen and oxygen atoms in total. The van der Waals surface area contributed by atoms with E-state index in [2.05, 4.69) is 116 Å². The molecule has 2 heterocycles. The van der Waals surface area contributed by atoms with E-state index in [0.717, 1.165) is 91.7 Å². The molecule has 0 N–H and O–H groups in total. The molecule has 0 saturated carbocycles. The first-order valence-electron chi connectivity index (χ1n) is 31.3. The summed E-state index contributed by atoms with van der Waals surface area (Å²) in [6.45, 7) is 13.2. The van der Waals surface area contributed by atoms with Crippen molar-refractivity contribution >= 4 is 35.9 Å². The van der Waals surface area contributed by atoms with Crippen molar-refractivity contribution in [1.29, 1.82) is 0 Å². The van der Waals surface area contributed by atoms with E-state index in [-0.39, 0.29) is 103 Å². The summed E-state index contributed by atoms with van der Waals surface area (Å²) in [6.07, 6.45) is 7.99. The van der Waals surface area contributed by atoms with E-state index in [1.165, 1.54) is 85.0 Å². The number of esters is 1. The van der Waals surface area contributed by atoms with Gasteiger partial charge in [0.25, 0.3) is 0 Å². The fraction of sp³-hybridized carbons (Fsp3) is 0.444. The number of carboxylic acids is 1. The molecule has 0 unspecified atom stereocenters. The number of ether oxygens (including phenoxy) is 5. The van der Waals surface area contributed by atoms with E-state index in [9.17, 15) is 28.7 Å². The molecule has 6 aromatic carbocycles. The fourth-order valence-corrected chi connectivity index (χ4v) is 12.0. The molecule has 0 bridgehead atoms. The van der Waals surface area contributed by atoms with Crippen molar-refractivity contribution in [2.75, 3.05) is 99.7 Å². The van der Waals surface area contributed by atoms with E-state index in [4.69, 9.17) is 31.9 Å². The Bertz CT molecular complexity index is 2780. The summed E-state index contributed by atoms with van der Waals surface area (Å²) in [5.41, 5.74) is 7.64. The molecule has 0 spiro atoms. The van der Waals surface area contributed by atoms with E-state index in [0.29, 0.717) is 24.0 Å². The number of rotatable bonds is 29. The molecule has 8 rings (SSSR count). The number of piperidine rings is 2. The number of likely N-dealkylation sites (tertiary alicyclic amines) is 2. The van der Waals surface area contributed by atoms with Crippen LogP contribution in [0.25, 0.3) is 0 Å². The van der Waals surface area contributed by atoms with Crippen molar-refractivity contribution in [2.24, 2.45) is 0 Å². The minimum atomic E-state index is -1.00. The Morgan fingerprint density at radius 3 is 1.09 bits per heavy atom. The molecule has 494 valence electrons. The summed E-state index contributed by atoms with van der Waals surface area (Å²) in [5, 5.41) is 10.6. The first kappa shape index (κ1) is 81.9. The number of hydrogen-bond donors (Lipinski definition) is 0. The number of aliphatic carboxylic acids is 1. The van der Waals surface area contributed by atoms with E-state index in [1.54, 1.807) is 0 Å². The number of likely N-dealkylation sites (N-methyl/N-ethyl adjacent to an activating group) is 2. The van der Waals surface area contributed by atoms with E-state index >= 15 is 0 Å². The normalized spacial score (nSPS) is 13.6. The molecule has 0 atom stereocenters. The number of carbonyl (C=O) groups excluding carboxylic acids is 4. The van der Waals surface area contributed by atoms with Crippen LogP contribution in [0.2, 0.25) is 0 Å². The maximum atomic E-state index is 12.4. The van der Waals surface area contributed by atoms with Gasteiger partial charge in [0.1, 0.15) is 65.6 Å². The van der Waals surface area contributed by atoms with Crippen LogP contribution in [-0.4, -0.2) is 142 Å². The second-order valence-corrected chi connectivity index (χ2v) is 23.7. The summed E-state index contributed by atoms with van der Waals surface area (Å²) >= 11 is 5.35. The molecule has 0 aliphatic carbocycles. The van der Waals surface area contributed by atoms with Gasteiger partial charge < -0.3 is 85.5 Å². The van der Waals surface area contributed by atoms with E-state index < -0.39 is 32.2 Å². The van der Waals surface area contributed by atoms with Crippen LogP contribution < -0.4 is 68.6 Å². The van der Waals surface area contributed by atoms with Crippen LogP contribution in [-0.2, 0) is 72.5 Å². The standard InChI is InChI=1S/C35H46N2O5.C19H23ClNO3.C16H23NO2.CH3F.CH4.2BrH.Na/c1-36(27-31-15-6-2-7-16-31,28-32-17-8-3-9-18-32)25-26-40-35(39)42-30-41-34(38)21-14-24-37(22-12-5-13-23-37)29-33-19-10-4-11-20-33;1-21(12-13-23-19(22)24-16-20,14-17-8-4-2-5-9-17)15-18-10-6-3-7-11-18;18-16(19)10-7-13-17(11-5-2-6-12-17)14-15-8-3-1-4-9-15;1-2;;;;/h2-4,6-11,15-20H,5,12-14,21-30H2,1H3;2-11H,12-16H2,1H3;1,3-4,8-9H,2,5-7,10-14H2;1H3;1H4;2*1H;/q+2;+1;;;;;;+1/p-2/i;;;1D;;;;. The summed E-state index contributed by atoms with van der Waals surface area (Å²) in [4.78, 5) is 46.5. The van der Waals surface area contributed by atoms with Crippen molar-refractivity contribution < 1.29 is 135 Å². The minimum Gasteiger partial charge on any atom is -1.00 e. The largest absolute Gasteiger partial charge is 1.00 e. The topological polar surface area (TPSA) is 137 Å². The number of halogens is 4. The van der Waals surface area contributed by atoms with Gasteiger partial charge in [-0.25, -0.2) is 9.59 Å². The van der Waals surface area contributed by atoms with Crippen molar-refractivity contribution in [3.8, 4) is 0 Å². The zero-order valence-corrected chi connectivity index (χ0v) is 59.1. The Hall–Kier alpha value is -5.18. The van der Waals surface area contributed by atoms with Crippen LogP contribution >= 0.6 is 11.6 Å². The maximum Gasteiger partial charge on any atom is 1.00 e. The quantitative estimate of drug-likeness (QED) is 0.0164. The van der Waals surface area contributed by atoms with Gasteiger partial charge in [0, 0.05) is 52.2 Å². The molecule has 2 saturated heterocycles. The van der Waals surface area contributed by atoms with Gasteiger partial charge >= 0.3 is 47.8 Å². The van der Waals surface area contributed by atoms with Crippen LogP contribution in [0, 0.1) is 0 Å². The van der Waals surface area contributed by atoms with Gasteiger partial charge in [-0.2, -0.15) is 0 Å². The summed E-state index contributed by atoms with van der Waals surface area (Å²) in [6, 6.07) is 62.2. The number of quaternary nitrogens is 4. The van der Waals surface area contributed by atoms with Gasteiger partial charge in [-0.05, 0) is 44.9 Å². The number of benzene rings is 6. The Morgan fingerprint density at radius 2 is 0.780 bits per heavy atom. The molecule has 6 aromatic rings. The Labute approximate surface area is 592 Å². The molecule has 19 heteroatoms. The third-order valence-electron chi connectivity index (χ3n) is 16.2. The van der Waals surface area contributed by atoms with Crippen molar-refractivity contribution in [2.45, 2.75) is 111 Å². The van der Waals surface area contributed by atoms with Gasteiger partial charge in [-0.3, -0.25) is 9.18 Å². The third-order valence-corrected chi connectivity index (χ3v) is 16.3. The zero-order valence-electron chi connectivity index (χ0n) is 54.2. The van der Waals surface area contributed by atoms with Gasteiger partial charge in [0.15, 0.2) is 6.07 Å². The molecule has 2 fully saturated rings. The van der Waals surface area contributed by atoms with Crippen LogP contribution in [0.4, 0.5) is 14.0 Å². The third kappa shape index (κ3) is 34.5. The number of hydrogen-bond acceptors (Lipinski definition) is 10. The van der Waals surface area contributed by atoms with Crippen LogP contribution in [0.15, 0.2) is 182 Å². The molecule has 0 amide bonds. The Kier molecular flexibility index (Phi) is 42.9. The van der Waals surface area contributed by atoms with Crippen molar-refractivity contribution in [3.05, 3.63) is 215 Å². The van der Waals surface area contributed by atoms with Gasteiger partial charge in [-0.15, -0.1) is 0 Å². The minimum absolute atomic E-state index is 0. The van der Waals surface area contributed by atoms with Crippen LogP contribution in [0.3, 0.4) is 0 Å². The van der Waals surface area contributed by atoms with Gasteiger partial charge in [0.05, 0.1) is 68.3 Å². The zero-order chi connectivity index (χ0) is 63.0. The monoisotopic (exact) mass is 1420 g/mol. The molecule has 2 aliphatic rings. The summed E-state index contributed by atoms with van der Waals surface area (Å²) in [7, 11) is 3.32. The second-order valence-electron chi connectivity index (χ2n) is 23.5. The number of alkyl halides is 2. The predicted octanol–water partition coefficient (Wildman–Crippen LogP) is 4.60. The average molecular weight is 1420 g/mol. The maximum absolute atomic E-state index is 12.4. The van der Waals surface area contributed by atoms with Gasteiger partial charge in [-0.1, -0.05) is 201 Å². The number of carbonyl (C=O) groups is 4. The first-order chi connectivity index (χ1) is 42.7. The fourth-order valence-electron chi connectivity index (χ4n) is 11.9. The first-order valence-corrected chi connectivity index (χ1v) is 31.2. The van der Waals surface area contributed by atoms with Crippen molar-refractivity contribution in [1.82, 2.24) is 0 Å². The smallest absolute Gasteiger partial charge is 1.00 e. The molecule has 0 radical (unpaired) electrons. The molecule has 91 heavy (non-hydrogen) atoms. The second kappa shape index (κ2) is 47.7. The molecule has 0 aromatic heterocycles. The van der Waals surface area contributed by atoms with E-state index in [1.807, 2.05) is 84.9 Å².